The van der Waals surface area contributed by atoms with E-state index in [0.29, 0.717) is 28.2 Å². The Kier molecular flexibility index (Phi) is 3.98. The van der Waals surface area contributed by atoms with Crippen molar-refractivity contribution in [2.45, 2.75) is 6.18 Å². The van der Waals surface area contributed by atoms with Gasteiger partial charge in [0.05, 0.1) is 11.1 Å². The number of ether oxygens (including phenoxy) is 1. The number of halogens is 3. The number of fused-ring (bicyclic) bond motifs is 2. The van der Waals surface area contributed by atoms with Gasteiger partial charge in [-0.1, -0.05) is 0 Å². The summed E-state index contributed by atoms with van der Waals surface area (Å²) in [4.78, 5) is 22.6. The number of H-pyrrole nitrogens is 1. The summed E-state index contributed by atoms with van der Waals surface area (Å²) >= 11 is 0. The Labute approximate surface area is 150 Å². The minimum absolute atomic E-state index is 0.0515. The lowest BCUT2D eigenvalue weighted by Gasteiger charge is -2.18. The van der Waals surface area contributed by atoms with E-state index in [0.717, 1.165) is 0 Å². The molecule has 0 fully saturated rings. The number of amides is 1. The molecule has 0 spiro atoms. The van der Waals surface area contributed by atoms with Gasteiger partial charge < -0.3 is 25.7 Å². The Bertz CT molecular complexity index is 1020. The fraction of sp³-hybridized carbons (Fsp3) is 0.188. The first-order valence-electron chi connectivity index (χ1n) is 7.87. The van der Waals surface area contributed by atoms with Crippen LogP contribution in [0.1, 0.15) is 0 Å². The summed E-state index contributed by atoms with van der Waals surface area (Å²) < 4.78 is 42.9. The van der Waals surface area contributed by atoms with E-state index in [1.54, 1.807) is 30.5 Å². The van der Waals surface area contributed by atoms with Crippen LogP contribution in [0.2, 0.25) is 0 Å². The minimum atomic E-state index is -4.38. The highest BCUT2D eigenvalue weighted by Crippen LogP contribution is 2.32. The van der Waals surface area contributed by atoms with E-state index in [9.17, 15) is 18.0 Å². The summed E-state index contributed by atoms with van der Waals surface area (Å²) in [5, 5.41) is 8.31. The maximum atomic E-state index is 12.5. The first-order chi connectivity index (χ1) is 12.9. The standard InChI is InChI=1S/C16H13F3N6O2/c17-16(18,19)7-21-14-9-3-4-20-13(9)24-15(25-14)22-8-1-2-11-10(5-8)23-12(26)6-27-11/h1-5H,6-7H2,(H,23,26)(H3,20,21,22,24,25). The summed E-state index contributed by atoms with van der Waals surface area (Å²) in [5.74, 6) is 0.393. The molecule has 1 aliphatic heterocycles. The summed E-state index contributed by atoms with van der Waals surface area (Å²) in [6, 6.07) is 6.55. The van der Waals surface area contributed by atoms with Crippen molar-refractivity contribution in [2.75, 3.05) is 29.1 Å². The molecule has 0 atom stereocenters. The number of carbonyl (C=O) groups is 1. The number of aromatic amines is 1. The van der Waals surface area contributed by atoms with Gasteiger partial charge in [-0.3, -0.25) is 4.79 Å². The average molecular weight is 378 g/mol. The molecule has 0 saturated heterocycles. The van der Waals surface area contributed by atoms with E-state index < -0.39 is 12.7 Å². The van der Waals surface area contributed by atoms with E-state index in [1.165, 1.54) is 0 Å². The molecule has 0 saturated carbocycles. The zero-order valence-electron chi connectivity index (χ0n) is 13.6. The van der Waals surface area contributed by atoms with Gasteiger partial charge in [0.15, 0.2) is 6.61 Å². The number of hydrogen-bond donors (Lipinski definition) is 4. The second-order valence-corrected chi connectivity index (χ2v) is 5.78. The smallest absolute Gasteiger partial charge is 0.405 e. The van der Waals surface area contributed by atoms with Crippen LogP contribution in [0.25, 0.3) is 11.0 Å². The molecule has 2 aromatic heterocycles. The molecule has 1 aliphatic rings. The molecule has 0 unspecified atom stereocenters. The molecule has 0 aliphatic carbocycles. The van der Waals surface area contributed by atoms with Crippen molar-refractivity contribution >= 4 is 40.1 Å². The van der Waals surface area contributed by atoms with Gasteiger partial charge in [0, 0.05) is 11.9 Å². The van der Waals surface area contributed by atoms with Gasteiger partial charge in [-0.2, -0.15) is 23.1 Å². The van der Waals surface area contributed by atoms with Gasteiger partial charge in [-0.05, 0) is 24.3 Å². The number of carbonyl (C=O) groups excluding carboxylic acids is 1. The van der Waals surface area contributed by atoms with Crippen LogP contribution in [-0.2, 0) is 4.79 Å². The third kappa shape index (κ3) is 3.71. The Morgan fingerprint density at radius 1 is 1.22 bits per heavy atom. The molecule has 4 rings (SSSR count). The van der Waals surface area contributed by atoms with Crippen LogP contribution >= 0.6 is 0 Å². The molecule has 0 radical (unpaired) electrons. The Hall–Kier alpha value is -3.50. The number of rotatable bonds is 4. The van der Waals surface area contributed by atoms with E-state index in [1.807, 2.05) is 0 Å². The quantitative estimate of drug-likeness (QED) is 0.556. The monoisotopic (exact) mass is 378 g/mol. The van der Waals surface area contributed by atoms with Crippen LogP contribution < -0.4 is 20.7 Å². The number of anilines is 4. The van der Waals surface area contributed by atoms with Crippen molar-refractivity contribution in [3.63, 3.8) is 0 Å². The largest absolute Gasteiger partial charge is 0.482 e. The predicted octanol–water partition coefficient (Wildman–Crippen LogP) is 3.01. The number of hydrogen-bond acceptors (Lipinski definition) is 6. The van der Waals surface area contributed by atoms with Gasteiger partial charge in [0.2, 0.25) is 5.95 Å². The highest BCUT2D eigenvalue weighted by Gasteiger charge is 2.27. The minimum Gasteiger partial charge on any atom is -0.482 e. The third-order valence-electron chi connectivity index (χ3n) is 3.74. The van der Waals surface area contributed by atoms with Crippen LogP contribution in [0.3, 0.4) is 0 Å². The van der Waals surface area contributed by atoms with Gasteiger partial charge in [-0.25, -0.2) is 0 Å². The van der Waals surface area contributed by atoms with Gasteiger partial charge in [-0.15, -0.1) is 0 Å². The molecule has 4 N–H and O–H groups in total. The lowest BCUT2D eigenvalue weighted by molar-refractivity contribution is -0.118. The average Bonchev–Trinajstić information content (AvgIpc) is 3.07. The van der Waals surface area contributed by atoms with Crippen molar-refractivity contribution < 1.29 is 22.7 Å². The number of nitrogens with zero attached hydrogens (tertiary/aromatic N) is 2. The summed E-state index contributed by atoms with van der Waals surface area (Å²) in [6.45, 7) is -1.27. The van der Waals surface area contributed by atoms with Crippen LogP contribution in [0, 0.1) is 0 Å². The molecule has 1 amide bonds. The van der Waals surface area contributed by atoms with E-state index in [-0.39, 0.29) is 24.3 Å². The Morgan fingerprint density at radius 3 is 2.89 bits per heavy atom. The zero-order valence-corrected chi connectivity index (χ0v) is 13.6. The second kappa shape index (κ2) is 6.34. The van der Waals surface area contributed by atoms with E-state index >= 15 is 0 Å². The topological polar surface area (TPSA) is 104 Å². The lowest BCUT2D eigenvalue weighted by atomic mass is 10.2. The fourth-order valence-electron chi connectivity index (χ4n) is 2.61. The number of nitrogens with one attached hydrogen (secondary N) is 4. The molecule has 140 valence electrons. The Balaban J connectivity index is 1.62. The SMILES string of the molecule is O=C1COc2ccc(Nc3nc(NCC(F)(F)F)c4cc[nH]c4n3)cc2N1. The van der Waals surface area contributed by atoms with Crippen molar-refractivity contribution in [2.24, 2.45) is 0 Å². The maximum absolute atomic E-state index is 12.5. The summed E-state index contributed by atoms with van der Waals surface area (Å²) in [5.41, 5.74) is 1.40. The van der Waals surface area contributed by atoms with Crippen molar-refractivity contribution in [1.82, 2.24) is 15.0 Å². The predicted molar refractivity (Wildman–Crippen MR) is 92.3 cm³/mol. The van der Waals surface area contributed by atoms with Gasteiger partial charge >= 0.3 is 6.18 Å². The van der Waals surface area contributed by atoms with Crippen molar-refractivity contribution in [3.8, 4) is 5.75 Å². The lowest BCUT2D eigenvalue weighted by Crippen LogP contribution is -2.25. The first-order valence-corrected chi connectivity index (χ1v) is 7.87. The van der Waals surface area contributed by atoms with Crippen molar-refractivity contribution in [3.05, 3.63) is 30.5 Å². The Morgan fingerprint density at radius 2 is 2.07 bits per heavy atom. The number of alkyl halides is 3. The zero-order chi connectivity index (χ0) is 19.0. The van der Waals surface area contributed by atoms with Crippen LogP contribution in [0.4, 0.5) is 36.3 Å². The first kappa shape index (κ1) is 16.9. The molecule has 27 heavy (non-hydrogen) atoms. The van der Waals surface area contributed by atoms with Crippen molar-refractivity contribution in [1.29, 1.82) is 0 Å². The molecule has 3 heterocycles. The summed E-state index contributed by atoms with van der Waals surface area (Å²) in [6.07, 6.45) is -2.81. The third-order valence-corrected chi connectivity index (χ3v) is 3.74. The molecule has 3 aromatic rings. The highest BCUT2D eigenvalue weighted by atomic mass is 19.4. The maximum Gasteiger partial charge on any atom is 0.405 e. The van der Waals surface area contributed by atoms with Crippen LogP contribution in [0.15, 0.2) is 30.5 Å². The molecule has 1 aromatic carbocycles. The summed E-state index contributed by atoms with van der Waals surface area (Å²) in [7, 11) is 0. The van der Waals surface area contributed by atoms with E-state index in [4.69, 9.17) is 4.74 Å². The van der Waals surface area contributed by atoms with Gasteiger partial charge in [0.25, 0.3) is 5.91 Å². The molecular formula is C16H13F3N6O2. The number of benzene rings is 1. The molecule has 0 bridgehead atoms. The van der Waals surface area contributed by atoms with Crippen LogP contribution in [0.5, 0.6) is 5.75 Å². The van der Waals surface area contributed by atoms with Gasteiger partial charge in [0.1, 0.15) is 23.8 Å². The second-order valence-electron chi connectivity index (χ2n) is 5.78. The van der Waals surface area contributed by atoms with Crippen LogP contribution in [-0.4, -0.2) is 40.2 Å². The fourth-order valence-corrected chi connectivity index (χ4v) is 2.61. The number of aromatic nitrogens is 3. The normalized spacial score (nSPS) is 13.7. The molecule has 8 nitrogen and oxygen atoms in total. The highest BCUT2D eigenvalue weighted by molar-refractivity contribution is 5.96. The molecular weight excluding hydrogens is 365 g/mol. The molecule has 11 heteroatoms. The van der Waals surface area contributed by atoms with E-state index in [2.05, 4.69) is 30.9 Å².